The number of nitrogens with two attached hydrogens (primary N) is 1. The lowest BCUT2D eigenvalue weighted by molar-refractivity contribution is 0.122. The predicted molar refractivity (Wildman–Crippen MR) is 97.5 cm³/mol. The molecule has 0 aliphatic carbocycles. The molecular weight excluding hydrogens is 330 g/mol. The van der Waals surface area contributed by atoms with Gasteiger partial charge in [-0.05, 0) is 17.7 Å². The molecule has 130 valence electrons. The van der Waals surface area contributed by atoms with Crippen molar-refractivity contribution in [2.75, 3.05) is 42.5 Å². The highest BCUT2D eigenvalue weighted by Gasteiger charge is 2.10. The zero-order valence-electron chi connectivity index (χ0n) is 13.6. The van der Waals surface area contributed by atoms with Gasteiger partial charge in [0.15, 0.2) is 5.82 Å². The van der Waals surface area contributed by atoms with Crippen LogP contribution in [0.25, 0.3) is 0 Å². The van der Waals surface area contributed by atoms with Crippen LogP contribution in [0.1, 0.15) is 18.3 Å². The third-order valence-electron chi connectivity index (χ3n) is 3.73. The summed E-state index contributed by atoms with van der Waals surface area (Å²) in [6, 6.07) is 8.24. The average Bonchev–Trinajstić information content (AvgIpc) is 2.96. The first kappa shape index (κ1) is 18.0. The number of rotatable bonds is 5. The molecule has 9 heteroatoms. The summed E-state index contributed by atoms with van der Waals surface area (Å²) in [4.78, 5) is 2.31. The lowest BCUT2D eigenvalue weighted by Gasteiger charge is -2.28. The Balaban J connectivity index is 0.00000208. The predicted octanol–water partition coefficient (Wildman–Crippen LogP) is 1.26. The number of aryl methyl sites for hydroxylation is 1. The van der Waals surface area contributed by atoms with E-state index in [4.69, 9.17) is 10.6 Å². The zero-order valence-corrected chi connectivity index (χ0v) is 14.4. The molecular formula is C15H22ClN7O. The minimum atomic E-state index is 0. The van der Waals surface area contributed by atoms with E-state index in [1.807, 2.05) is 19.1 Å². The van der Waals surface area contributed by atoms with Crippen LogP contribution in [-0.4, -0.2) is 47.4 Å². The van der Waals surface area contributed by atoms with Crippen molar-refractivity contribution in [2.45, 2.75) is 13.3 Å². The smallest absolute Gasteiger partial charge is 0.263 e. The number of ether oxygens (including phenoxy) is 1. The summed E-state index contributed by atoms with van der Waals surface area (Å²) in [6.07, 6.45) is 2.45. The summed E-state index contributed by atoms with van der Waals surface area (Å²) in [6.45, 7) is 5.40. The topological polar surface area (TPSA) is 93.6 Å². The molecule has 1 aromatic carbocycles. The van der Waals surface area contributed by atoms with E-state index in [2.05, 4.69) is 37.8 Å². The van der Waals surface area contributed by atoms with Crippen LogP contribution in [0, 0.1) is 0 Å². The number of hydrazone groups is 1. The fourth-order valence-electron chi connectivity index (χ4n) is 2.40. The second-order valence-corrected chi connectivity index (χ2v) is 5.22. The number of halogens is 1. The van der Waals surface area contributed by atoms with E-state index in [-0.39, 0.29) is 12.4 Å². The monoisotopic (exact) mass is 351 g/mol. The Morgan fingerprint density at radius 2 is 1.96 bits per heavy atom. The van der Waals surface area contributed by atoms with Crippen LogP contribution < -0.4 is 16.2 Å². The van der Waals surface area contributed by atoms with Crippen molar-refractivity contribution >= 4 is 30.3 Å². The molecule has 8 nitrogen and oxygen atoms in total. The van der Waals surface area contributed by atoms with Gasteiger partial charge in [0, 0.05) is 25.2 Å². The molecule has 1 fully saturated rings. The first-order chi connectivity index (χ1) is 11.3. The first-order valence-electron chi connectivity index (χ1n) is 7.69. The number of benzene rings is 1. The second-order valence-electron chi connectivity index (χ2n) is 5.22. The summed E-state index contributed by atoms with van der Waals surface area (Å²) in [5.41, 5.74) is 5.00. The van der Waals surface area contributed by atoms with E-state index in [1.165, 1.54) is 10.4 Å². The molecule has 2 aromatic rings. The van der Waals surface area contributed by atoms with Crippen LogP contribution >= 0.6 is 12.4 Å². The van der Waals surface area contributed by atoms with Gasteiger partial charge in [-0.3, -0.25) is 0 Å². The molecule has 1 aliphatic rings. The number of nitrogen functional groups attached to an aromatic ring is 1. The van der Waals surface area contributed by atoms with Crippen molar-refractivity contribution in [2.24, 2.45) is 5.10 Å². The summed E-state index contributed by atoms with van der Waals surface area (Å²) >= 11 is 0. The molecule has 1 saturated heterocycles. The lowest BCUT2D eigenvalue weighted by atomic mass is 10.2. The fourth-order valence-corrected chi connectivity index (χ4v) is 2.40. The van der Waals surface area contributed by atoms with Crippen molar-refractivity contribution in [1.29, 1.82) is 0 Å². The van der Waals surface area contributed by atoms with Crippen molar-refractivity contribution in [3.05, 3.63) is 35.7 Å². The Morgan fingerprint density at radius 3 is 2.58 bits per heavy atom. The molecule has 1 aliphatic heterocycles. The van der Waals surface area contributed by atoms with Gasteiger partial charge >= 0.3 is 0 Å². The number of hydrogen-bond acceptors (Lipinski definition) is 7. The zero-order chi connectivity index (χ0) is 16.1. The number of nitrogens with one attached hydrogen (secondary N) is 1. The van der Waals surface area contributed by atoms with Crippen LogP contribution in [0.4, 0.5) is 11.6 Å². The van der Waals surface area contributed by atoms with E-state index in [9.17, 15) is 0 Å². The van der Waals surface area contributed by atoms with E-state index < -0.39 is 0 Å². The molecule has 3 N–H and O–H groups in total. The quantitative estimate of drug-likeness (QED) is 0.478. The van der Waals surface area contributed by atoms with Gasteiger partial charge in [-0.1, -0.05) is 19.1 Å². The third kappa shape index (κ3) is 4.15. The number of anilines is 2. The maximum atomic E-state index is 5.84. The van der Waals surface area contributed by atoms with Crippen molar-refractivity contribution in [3.63, 3.8) is 0 Å². The van der Waals surface area contributed by atoms with Gasteiger partial charge in [0.25, 0.3) is 5.95 Å². The summed E-state index contributed by atoms with van der Waals surface area (Å²) in [7, 11) is 0. The highest BCUT2D eigenvalue weighted by atomic mass is 35.5. The highest BCUT2D eigenvalue weighted by molar-refractivity contribution is 5.85. The van der Waals surface area contributed by atoms with Crippen molar-refractivity contribution in [1.82, 2.24) is 14.9 Å². The number of hydrogen-bond donors (Lipinski definition) is 2. The molecule has 2 heterocycles. The van der Waals surface area contributed by atoms with Gasteiger partial charge in [0.05, 0.1) is 19.4 Å². The van der Waals surface area contributed by atoms with Crippen LogP contribution in [0.15, 0.2) is 29.4 Å². The Hall–Kier alpha value is -2.32. The van der Waals surface area contributed by atoms with E-state index in [0.717, 1.165) is 38.3 Å². The second kappa shape index (κ2) is 8.51. The minimum absolute atomic E-state index is 0. The highest BCUT2D eigenvalue weighted by Crippen LogP contribution is 2.16. The average molecular weight is 352 g/mol. The molecule has 0 atom stereocenters. The molecule has 0 radical (unpaired) electrons. The Labute approximate surface area is 147 Å². The third-order valence-corrected chi connectivity index (χ3v) is 3.73. The molecule has 0 amide bonds. The largest absolute Gasteiger partial charge is 0.378 e. The Kier molecular flexibility index (Phi) is 6.39. The molecule has 0 saturated carbocycles. The van der Waals surface area contributed by atoms with E-state index in [0.29, 0.717) is 11.8 Å². The maximum absolute atomic E-state index is 5.84. The summed E-state index contributed by atoms with van der Waals surface area (Å²) in [5.74, 6) is 6.96. The number of aromatic nitrogens is 3. The summed E-state index contributed by atoms with van der Waals surface area (Å²) < 4.78 is 6.77. The minimum Gasteiger partial charge on any atom is -0.378 e. The number of morpholine rings is 1. The number of nitrogens with zero attached hydrogens (tertiary/aromatic N) is 5. The standard InChI is InChI=1S/C15H21N7O.ClH/c1-2-14-18-20-15(22(14)16)19-17-11-12-3-5-13(6-4-12)21-7-9-23-10-8-21;/h3-6,11H,2,7-10,16H2,1H3,(H,19,20);1H. The van der Waals surface area contributed by atoms with Gasteiger partial charge in [0.2, 0.25) is 0 Å². The SMILES string of the molecule is CCc1nnc(NN=Cc2ccc(N3CCOCC3)cc2)n1N.Cl. The molecule has 0 unspecified atom stereocenters. The van der Waals surface area contributed by atoms with Gasteiger partial charge in [0.1, 0.15) is 0 Å². The maximum Gasteiger partial charge on any atom is 0.263 e. The normalized spacial score (nSPS) is 14.6. The van der Waals surface area contributed by atoms with Crippen LogP contribution in [0.2, 0.25) is 0 Å². The molecule has 0 spiro atoms. The summed E-state index contributed by atoms with van der Waals surface area (Å²) in [5, 5.41) is 12.0. The van der Waals surface area contributed by atoms with Crippen molar-refractivity contribution in [3.8, 4) is 0 Å². The lowest BCUT2D eigenvalue weighted by Crippen LogP contribution is -2.36. The Bertz CT molecular complexity index is 665. The van der Waals surface area contributed by atoms with E-state index >= 15 is 0 Å². The first-order valence-corrected chi connectivity index (χ1v) is 7.69. The molecule has 1 aromatic heterocycles. The molecule has 3 rings (SSSR count). The van der Waals surface area contributed by atoms with Crippen LogP contribution in [0.3, 0.4) is 0 Å². The Morgan fingerprint density at radius 1 is 1.25 bits per heavy atom. The van der Waals surface area contributed by atoms with Crippen LogP contribution in [-0.2, 0) is 11.2 Å². The fraction of sp³-hybridized carbons (Fsp3) is 0.400. The van der Waals surface area contributed by atoms with Gasteiger partial charge < -0.3 is 15.5 Å². The van der Waals surface area contributed by atoms with Gasteiger partial charge in [-0.25, -0.2) is 10.1 Å². The van der Waals surface area contributed by atoms with Gasteiger partial charge in [-0.15, -0.1) is 22.6 Å². The van der Waals surface area contributed by atoms with Gasteiger partial charge in [-0.2, -0.15) is 5.10 Å². The molecule has 0 bridgehead atoms. The van der Waals surface area contributed by atoms with Crippen LogP contribution in [0.5, 0.6) is 0 Å². The van der Waals surface area contributed by atoms with Crippen molar-refractivity contribution < 1.29 is 4.74 Å². The molecule has 24 heavy (non-hydrogen) atoms. The van der Waals surface area contributed by atoms with E-state index in [1.54, 1.807) is 6.21 Å².